The van der Waals surface area contributed by atoms with Crippen molar-refractivity contribution in [3.63, 3.8) is 0 Å². The first kappa shape index (κ1) is 16.3. The Morgan fingerprint density at radius 2 is 2.05 bits per heavy atom. The van der Waals surface area contributed by atoms with Crippen molar-refractivity contribution in [1.29, 1.82) is 0 Å². The number of amides is 1. The zero-order valence-corrected chi connectivity index (χ0v) is 13.0. The minimum atomic E-state index is -0.401. The summed E-state index contributed by atoms with van der Waals surface area (Å²) >= 11 is 0. The van der Waals surface area contributed by atoms with E-state index in [-0.39, 0.29) is 6.09 Å². The molecule has 1 aliphatic rings. The number of nitrogens with one attached hydrogen (secondary N) is 1. The van der Waals surface area contributed by atoms with Gasteiger partial charge in [0.2, 0.25) is 0 Å². The van der Waals surface area contributed by atoms with E-state index < -0.39 is 5.60 Å². The van der Waals surface area contributed by atoms with Crippen LogP contribution in [0, 0.1) is 0 Å². The highest BCUT2D eigenvalue weighted by atomic mass is 16.6. The van der Waals surface area contributed by atoms with Crippen molar-refractivity contribution in [3.05, 3.63) is 0 Å². The third-order valence-corrected chi connectivity index (χ3v) is 3.34. The van der Waals surface area contributed by atoms with Crippen LogP contribution in [0.1, 0.15) is 59.8 Å². The number of rotatable bonds is 4. The lowest BCUT2D eigenvalue weighted by Crippen LogP contribution is -2.38. The number of hydrogen-bond donors (Lipinski definition) is 1. The molecular formula is C15H30N2O2. The van der Waals surface area contributed by atoms with Gasteiger partial charge in [0.15, 0.2) is 0 Å². The Morgan fingerprint density at radius 1 is 1.32 bits per heavy atom. The average molecular weight is 270 g/mol. The summed E-state index contributed by atoms with van der Waals surface area (Å²) in [6.07, 6.45) is 5.53. The largest absolute Gasteiger partial charge is 0.444 e. The second-order valence-corrected chi connectivity index (χ2v) is 6.40. The van der Waals surface area contributed by atoms with Crippen LogP contribution in [-0.2, 0) is 4.74 Å². The van der Waals surface area contributed by atoms with Gasteiger partial charge in [-0.15, -0.1) is 0 Å². The molecule has 1 heterocycles. The van der Waals surface area contributed by atoms with Gasteiger partial charge in [-0.1, -0.05) is 13.3 Å². The summed E-state index contributed by atoms with van der Waals surface area (Å²) in [6, 6.07) is 0.555. The zero-order chi connectivity index (χ0) is 14.3. The lowest BCUT2D eigenvalue weighted by atomic mass is 10.1. The molecule has 0 aliphatic carbocycles. The van der Waals surface area contributed by atoms with Crippen LogP contribution in [0.2, 0.25) is 0 Å². The summed E-state index contributed by atoms with van der Waals surface area (Å²) in [5.41, 5.74) is -0.401. The predicted molar refractivity (Wildman–Crippen MR) is 78.4 cm³/mol. The number of hydrogen-bond acceptors (Lipinski definition) is 3. The highest BCUT2D eigenvalue weighted by Gasteiger charge is 2.24. The number of likely N-dealkylation sites (tertiary alicyclic amines) is 1. The van der Waals surface area contributed by atoms with E-state index in [0.717, 1.165) is 38.9 Å². The van der Waals surface area contributed by atoms with Crippen molar-refractivity contribution < 1.29 is 9.53 Å². The van der Waals surface area contributed by atoms with Gasteiger partial charge in [0.1, 0.15) is 5.60 Å². The first-order valence-corrected chi connectivity index (χ1v) is 7.63. The summed E-state index contributed by atoms with van der Waals surface area (Å²) in [5.74, 6) is 0. The van der Waals surface area contributed by atoms with Gasteiger partial charge in [-0.2, -0.15) is 0 Å². The molecule has 0 aromatic heterocycles. The van der Waals surface area contributed by atoms with Crippen molar-refractivity contribution in [1.82, 2.24) is 10.2 Å². The standard InChI is InChI=1S/C15H30N2O2/c1-5-6-10-16-13-8-7-11-17(12-9-13)14(18)19-15(2,3)4/h13,16H,5-12H2,1-4H3. The Morgan fingerprint density at radius 3 is 2.68 bits per heavy atom. The Bertz CT molecular complexity index is 274. The van der Waals surface area contributed by atoms with Crippen molar-refractivity contribution in [2.45, 2.75) is 71.4 Å². The smallest absolute Gasteiger partial charge is 0.410 e. The van der Waals surface area contributed by atoms with E-state index in [1.165, 1.54) is 12.8 Å². The molecule has 1 aliphatic heterocycles. The zero-order valence-electron chi connectivity index (χ0n) is 13.0. The molecule has 1 unspecified atom stereocenters. The van der Waals surface area contributed by atoms with E-state index in [0.29, 0.717) is 6.04 Å². The minimum absolute atomic E-state index is 0.165. The molecule has 19 heavy (non-hydrogen) atoms. The number of carbonyl (C=O) groups is 1. The van der Waals surface area contributed by atoms with Crippen LogP contribution in [0.25, 0.3) is 0 Å². The van der Waals surface area contributed by atoms with Gasteiger partial charge in [-0.3, -0.25) is 0 Å². The first-order chi connectivity index (χ1) is 8.92. The molecule has 1 amide bonds. The van der Waals surface area contributed by atoms with E-state index in [2.05, 4.69) is 12.2 Å². The van der Waals surface area contributed by atoms with Crippen LogP contribution in [0.5, 0.6) is 0 Å². The molecule has 1 rings (SSSR count). The van der Waals surface area contributed by atoms with Gasteiger partial charge in [0, 0.05) is 19.1 Å². The molecule has 4 nitrogen and oxygen atoms in total. The Labute approximate surface area is 117 Å². The molecule has 0 radical (unpaired) electrons. The van der Waals surface area contributed by atoms with Gasteiger partial charge >= 0.3 is 6.09 Å². The van der Waals surface area contributed by atoms with Crippen LogP contribution in [0.15, 0.2) is 0 Å². The van der Waals surface area contributed by atoms with Crippen LogP contribution in [0.3, 0.4) is 0 Å². The van der Waals surface area contributed by atoms with Gasteiger partial charge < -0.3 is 15.0 Å². The number of unbranched alkanes of at least 4 members (excludes halogenated alkanes) is 1. The lowest BCUT2D eigenvalue weighted by Gasteiger charge is -2.26. The third kappa shape index (κ3) is 6.81. The Hall–Kier alpha value is -0.770. The average Bonchev–Trinajstić information content (AvgIpc) is 2.53. The van der Waals surface area contributed by atoms with Gasteiger partial charge in [-0.05, 0) is 53.0 Å². The van der Waals surface area contributed by atoms with Crippen molar-refractivity contribution in [3.8, 4) is 0 Å². The fraction of sp³-hybridized carbons (Fsp3) is 0.933. The van der Waals surface area contributed by atoms with Gasteiger partial charge in [0.25, 0.3) is 0 Å². The van der Waals surface area contributed by atoms with Crippen molar-refractivity contribution >= 4 is 6.09 Å². The molecule has 0 aromatic carbocycles. The van der Waals surface area contributed by atoms with Gasteiger partial charge in [-0.25, -0.2) is 4.79 Å². The summed E-state index contributed by atoms with van der Waals surface area (Å²) < 4.78 is 5.43. The monoisotopic (exact) mass is 270 g/mol. The van der Waals surface area contributed by atoms with Crippen LogP contribution in [0.4, 0.5) is 4.79 Å². The fourth-order valence-corrected chi connectivity index (χ4v) is 2.29. The maximum atomic E-state index is 12.0. The first-order valence-electron chi connectivity index (χ1n) is 7.63. The van der Waals surface area contributed by atoms with Crippen molar-refractivity contribution in [2.75, 3.05) is 19.6 Å². The maximum absolute atomic E-state index is 12.0. The number of carbonyl (C=O) groups excluding carboxylic acids is 1. The van der Waals surface area contributed by atoms with Gasteiger partial charge in [0.05, 0.1) is 0 Å². The Balaban J connectivity index is 2.34. The molecule has 1 saturated heterocycles. The van der Waals surface area contributed by atoms with Crippen LogP contribution >= 0.6 is 0 Å². The molecule has 4 heteroatoms. The predicted octanol–water partition coefficient (Wildman–Crippen LogP) is 3.17. The number of nitrogens with zero attached hydrogens (tertiary/aromatic N) is 1. The molecule has 1 atom stereocenters. The van der Waals surface area contributed by atoms with E-state index >= 15 is 0 Å². The topological polar surface area (TPSA) is 41.6 Å². The molecular weight excluding hydrogens is 240 g/mol. The molecule has 0 spiro atoms. The molecule has 0 saturated carbocycles. The molecule has 112 valence electrons. The molecule has 1 N–H and O–H groups in total. The highest BCUT2D eigenvalue weighted by Crippen LogP contribution is 2.15. The maximum Gasteiger partial charge on any atom is 0.410 e. The molecule has 0 aromatic rings. The number of ether oxygens (including phenoxy) is 1. The van der Waals surface area contributed by atoms with Crippen molar-refractivity contribution in [2.24, 2.45) is 0 Å². The normalized spacial score (nSPS) is 21.1. The quantitative estimate of drug-likeness (QED) is 0.798. The summed E-state index contributed by atoms with van der Waals surface area (Å²) in [4.78, 5) is 13.9. The Kier molecular flexibility index (Phi) is 6.63. The van der Waals surface area contributed by atoms with E-state index in [4.69, 9.17) is 4.74 Å². The third-order valence-electron chi connectivity index (χ3n) is 3.34. The minimum Gasteiger partial charge on any atom is -0.444 e. The van der Waals surface area contributed by atoms with E-state index in [1.807, 2.05) is 25.7 Å². The molecule has 1 fully saturated rings. The van der Waals surface area contributed by atoms with E-state index in [9.17, 15) is 4.79 Å². The van der Waals surface area contributed by atoms with Crippen LogP contribution < -0.4 is 5.32 Å². The van der Waals surface area contributed by atoms with E-state index in [1.54, 1.807) is 0 Å². The SMILES string of the molecule is CCCCNC1CCCN(C(=O)OC(C)(C)C)CC1. The molecule has 0 bridgehead atoms. The summed E-state index contributed by atoms with van der Waals surface area (Å²) in [6.45, 7) is 10.7. The fourth-order valence-electron chi connectivity index (χ4n) is 2.29. The second kappa shape index (κ2) is 7.73. The highest BCUT2D eigenvalue weighted by molar-refractivity contribution is 5.68. The lowest BCUT2D eigenvalue weighted by molar-refractivity contribution is 0.0256. The summed E-state index contributed by atoms with van der Waals surface area (Å²) in [7, 11) is 0. The summed E-state index contributed by atoms with van der Waals surface area (Å²) in [5, 5.41) is 3.59. The second-order valence-electron chi connectivity index (χ2n) is 6.40. The van der Waals surface area contributed by atoms with Crippen LogP contribution in [-0.4, -0.2) is 42.3 Å².